The van der Waals surface area contributed by atoms with Gasteiger partial charge in [-0.25, -0.2) is 9.59 Å². The molecule has 10 atom stereocenters. The molecule has 1 amide bonds. The van der Waals surface area contributed by atoms with E-state index in [9.17, 15) is 89.3 Å². The molecule has 0 spiro atoms. The number of aryl methyl sites for hydroxylation is 1. The van der Waals surface area contributed by atoms with E-state index < -0.39 is 147 Å². The topological polar surface area (TPSA) is 159 Å². The molecule has 0 radical (unpaired) electrons. The van der Waals surface area contributed by atoms with E-state index >= 15 is 0 Å². The number of anilines is 1. The number of aliphatic hydroxyl groups excluding tert-OH is 1. The van der Waals surface area contributed by atoms with Crippen LogP contribution in [0.4, 0.5) is 85.1 Å². The molecule has 4 aliphatic heterocycles. The predicted octanol–water partition coefficient (Wildman–Crippen LogP) is 12.8. The molecule has 9 rings (SSSR count). The average Bonchev–Trinajstić information content (AvgIpc) is 1.31. The highest BCUT2D eigenvalue weighted by atomic mass is 19.4. The number of hydrogen-bond acceptors (Lipinski definition) is 13. The summed E-state index contributed by atoms with van der Waals surface area (Å²) in [6.45, 7) is -1.15. The van der Waals surface area contributed by atoms with Gasteiger partial charge in [0.25, 0.3) is 0 Å². The summed E-state index contributed by atoms with van der Waals surface area (Å²) in [6, 6.07) is 35.7. The lowest BCUT2D eigenvalue weighted by Crippen LogP contribution is -2.74. The number of amides is 1. The molecule has 4 heterocycles. The number of benzene rings is 5. The van der Waals surface area contributed by atoms with Crippen LogP contribution in [0.2, 0.25) is 0 Å². The zero-order valence-corrected chi connectivity index (χ0v) is 45.4. The second kappa shape index (κ2) is 25.4. The maximum absolute atomic E-state index is 14.8. The van der Waals surface area contributed by atoms with Crippen molar-refractivity contribution in [2.75, 3.05) is 31.7 Å². The van der Waals surface area contributed by atoms with Crippen LogP contribution in [-0.2, 0) is 55.5 Å². The van der Waals surface area contributed by atoms with Crippen LogP contribution in [0.3, 0.4) is 0 Å². The van der Waals surface area contributed by atoms with E-state index in [4.69, 9.17) is 47.4 Å². The smallest absolute Gasteiger partial charge is 0.460 e. The van der Waals surface area contributed by atoms with Crippen molar-refractivity contribution in [3.8, 4) is 5.75 Å². The first-order valence-electron chi connectivity index (χ1n) is 26.8. The fourth-order valence-corrected chi connectivity index (χ4v) is 9.92. The largest absolute Gasteiger partial charge is 0.462 e. The minimum absolute atomic E-state index is 0.163. The van der Waals surface area contributed by atoms with Crippen molar-refractivity contribution < 1.29 is 137 Å². The van der Waals surface area contributed by atoms with Gasteiger partial charge in [-0.05, 0) is 66.8 Å². The van der Waals surface area contributed by atoms with Crippen LogP contribution in [0.5, 0.6) is 5.75 Å². The van der Waals surface area contributed by atoms with E-state index in [0.717, 1.165) is 29.8 Å². The molecule has 0 bridgehead atoms. The molecule has 5 aromatic carbocycles. The lowest BCUT2D eigenvalue weighted by Gasteiger charge is -2.48. The Morgan fingerprint density at radius 2 is 1.11 bits per heavy atom. The lowest BCUT2D eigenvalue weighted by atomic mass is 9.87. The Kier molecular flexibility index (Phi) is 19.0. The zero-order chi connectivity index (χ0) is 64.6. The molecule has 14 nitrogen and oxygen atoms in total. The third-order valence-electron chi connectivity index (χ3n) is 14.8. The lowest BCUT2D eigenvalue weighted by molar-refractivity contribution is -0.461. The standard InChI is InChI=1S/C58H50F17NO13/c59-51(60,52(61,62)53(63,64)54(65,66)55(67,68)56(69,70)57(71,72)58(73,74)75)27-10-11-32-18-22-37(23-19-32)76-49(79)87-41-40-39(29-80-45(85-40)35-14-6-2-7-15-35)84-47(83-38-24-20-33(21-25-38)26-28-77)42(41)86-48-43-50(31-82-48,30-81-44(78)34-12-4-1-5-13-34)89-46(88-43)36-16-8-3-9-17-36/h1-9,12-25,39-43,45-48,77H,10-11,26-31H2,(H,76,79)/t39-,40-,41+,42-,43+,45-,46+,47-,48+,50-/m1/s1. The van der Waals surface area contributed by atoms with Crippen LogP contribution >= 0.6 is 0 Å². The summed E-state index contributed by atoms with van der Waals surface area (Å²) in [5, 5.41) is 11.9. The first-order chi connectivity index (χ1) is 41.8. The van der Waals surface area contributed by atoms with Crippen molar-refractivity contribution in [1.82, 2.24) is 0 Å². The summed E-state index contributed by atoms with van der Waals surface area (Å²) in [5.74, 6) is -57.6. The molecule has 31 heteroatoms. The first-order valence-corrected chi connectivity index (χ1v) is 26.8. The quantitative estimate of drug-likeness (QED) is 0.0471. The van der Waals surface area contributed by atoms with E-state index in [2.05, 4.69) is 5.32 Å². The second-order valence-electron chi connectivity index (χ2n) is 20.9. The molecule has 4 fully saturated rings. The fraction of sp³-hybridized carbons (Fsp3) is 0.448. The molecular weight excluding hydrogens is 1240 g/mol. The first kappa shape index (κ1) is 66.5. The summed E-state index contributed by atoms with van der Waals surface area (Å²) in [6.07, 6.45) is -25.9. The number of hydrogen-bond donors (Lipinski definition) is 2. The number of alkyl halides is 17. The molecule has 0 unspecified atom stereocenters. The van der Waals surface area contributed by atoms with E-state index in [1.54, 1.807) is 103 Å². The van der Waals surface area contributed by atoms with Gasteiger partial charge >= 0.3 is 59.7 Å². The fourth-order valence-electron chi connectivity index (χ4n) is 9.92. The predicted molar refractivity (Wildman–Crippen MR) is 270 cm³/mol. The molecule has 484 valence electrons. The number of rotatable bonds is 23. The van der Waals surface area contributed by atoms with Gasteiger partial charge in [-0.15, -0.1) is 0 Å². The van der Waals surface area contributed by atoms with Crippen molar-refractivity contribution >= 4 is 17.7 Å². The highest BCUT2D eigenvalue weighted by molar-refractivity contribution is 5.89. The number of nitrogens with one attached hydrogen (secondary N) is 1. The SMILES string of the molecule is O=C(Nc1ccc(CCCC(F)(F)C(F)(F)C(F)(F)C(F)(F)C(F)(F)C(F)(F)C(F)(F)C(F)(F)F)cc1)O[C@@H]1[C@@H](O[C@@H]2OC[C@@]3(COC(=O)c4ccccc4)O[C@@H](c4ccccc4)O[C@@H]23)[C@H](Oc2ccc(CCO)cc2)O[C@@H]2CO[C@@H](c3ccccc3)O[C@@H]12. The average molecular weight is 1290 g/mol. The molecule has 0 aromatic heterocycles. The van der Waals surface area contributed by atoms with Crippen LogP contribution in [0.1, 0.15) is 58.0 Å². The molecule has 0 aliphatic carbocycles. The van der Waals surface area contributed by atoms with Gasteiger partial charge in [-0.2, -0.15) is 74.6 Å². The van der Waals surface area contributed by atoms with Gasteiger partial charge < -0.3 is 52.5 Å². The molecule has 0 saturated carbocycles. The van der Waals surface area contributed by atoms with Gasteiger partial charge in [0.15, 0.2) is 36.7 Å². The normalized spacial score (nSPS) is 25.4. The molecule has 2 N–H and O–H groups in total. The van der Waals surface area contributed by atoms with Crippen LogP contribution in [0, 0.1) is 0 Å². The highest BCUT2D eigenvalue weighted by Crippen LogP contribution is 2.64. The summed E-state index contributed by atoms with van der Waals surface area (Å²) < 4.78 is 299. The van der Waals surface area contributed by atoms with Crippen molar-refractivity contribution in [3.63, 3.8) is 0 Å². The number of aliphatic hydroxyl groups is 1. The Morgan fingerprint density at radius 3 is 1.70 bits per heavy atom. The maximum atomic E-state index is 14.8. The van der Waals surface area contributed by atoms with Crippen molar-refractivity contribution in [1.29, 1.82) is 0 Å². The molecule has 4 aliphatic rings. The van der Waals surface area contributed by atoms with E-state index in [-0.39, 0.29) is 48.8 Å². The van der Waals surface area contributed by atoms with Crippen molar-refractivity contribution in [2.45, 2.75) is 135 Å². The van der Waals surface area contributed by atoms with Gasteiger partial charge in [-0.1, -0.05) is 103 Å². The van der Waals surface area contributed by atoms with E-state index in [1.165, 1.54) is 12.1 Å². The highest BCUT2D eigenvalue weighted by Gasteiger charge is 2.95. The van der Waals surface area contributed by atoms with Gasteiger partial charge in [0.2, 0.25) is 6.29 Å². The van der Waals surface area contributed by atoms with Crippen molar-refractivity contribution in [2.24, 2.45) is 0 Å². The van der Waals surface area contributed by atoms with E-state index in [0.29, 0.717) is 11.1 Å². The molecule has 4 saturated heterocycles. The van der Waals surface area contributed by atoms with Gasteiger partial charge in [0, 0.05) is 29.8 Å². The monoisotopic (exact) mass is 1290 g/mol. The molecular formula is C58H50F17NO13. The van der Waals surface area contributed by atoms with Crippen molar-refractivity contribution in [3.05, 3.63) is 167 Å². The summed E-state index contributed by atoms with van der Waals surface area (Å²) in [4.78, 5) is 27.6. The number of carbonyl (C=O) groups is 2. The summed E-state index contributed by atoms with van der Waals surface area (Å²) >= 11 is 0. The van der Waals surface area contributed by atoms with Gasteiger partial charge in [0.1, 0.15) is 30.7 Å². The van der Waals surface area contributed by atoms with E-state index in [1.807, 2.05) is 0 Å². The number of fused-ring (bicyclic) bond motifs is 2. The Hall–Kier alpha value is -6.87. The van der Waals surface area contributed by atoms with Gasteiger partial charge in [-0.3, -0.25) is 5.32 Å². The summed E-state index contributed by atoms with van der Waals surface area (Å²) in [7, 11) is 0. The minimum Gasteiger partial charge on any atom is -0.462 e. The van der Waals surface area contributed by atoms with Crippen LogP contribution in [-0.4, -0.2) is 140 Å². The van der Waals surface area contributed by atoms with Crippen LogP contribution < -0.4 is 10.1 Å². The van der Waals surface area contributed by atoms with Gasteiger partial charge in [0.05, 0.1) is 18.8 Å². The third-order valence-corrected chi connectivity index (χ3v) is 14.8. The Bertz CT molecular complexity index is 3190. The zero-order valence-electron chi connectivity index (χ0n) is 45.4. The minimum atomic E-state index is -8.74. The Morgan fingerprint density at radius 1 is 0.573 bits per heavy atom. The Balaban J connectivity index is 0.954. The summed E-state index contributed by atoms with van der Waals surface area (Å²) in [5.41, 5.74) is 0.0946. The number of halogens is 17. The number of carbonyl (C=O) groups excluding carboxylic acids is 2. The Labute approximate surface area is 492 Å². The number of ether oxygens (including phenoxy) is 10. The molecule has 5 aromatic rings. The third kappa shape index (κ3) is 12.9. The molecule has 89 heavy (non-hydrogen) atoms. The maximum Gasteiger partial charge on any atom is 0.460 e. The number of esters is 1. The van der Waals surface area contributed by atoms with Crippen LogP contribution in [0.25, 0.3) is 0 Å². The second-order valence-corrected chi connectivity index (χ2v) is 20.9. The van der Waals surface area contributed by atoms with Crippen LogP contribution in [0.15, 0.2) is 140 Å².